The second-order valence-electron chi connectivity index (χ2n) is 11.1. The van der Waals surface area contributed by atoms with Gasteiger partial charge in [-0.15, -0.1) is 0 Å². The summed E-state index contributed by atoms with van der Waals surface area (Å²) in [6.07, 6.45) is 0.649. The van der Waals surface area contributed by atoms with Gasteiger partial charge in [0, 0.05) is 37.7 Å². The van der Waals surface area contributed by atoms with E-state index in [0.29, 0.717) is 19.6 Å². The molecule has 2 saturated heterocycles. The SMILES string of the molecule is C=CCOC(=O)NCc1cccc(-c2cccc([C@@H]3O[C@H](CN4CC[C@H](O)C4)[C@H](C)[C@H](c4ccc(CO)cc4)O3)c2)c1. The fraction of sp³-hybridized carbons (Fsp3) is 0.382. The lowest BCUT2D eigenvalue weighted by Crippen LogP contribution is -2.44. The number of ether oxygens (including phenoxy) is 3. The molecule has 2 fully saturated rings. The summed E-state index contributed by atoms with van der Waals surface area (Å²) in [5.74, 6) is 0.0736. The zero-order valence-corrected chi connectivity index (χ0v) is 24.0. The minimum atomic E-state index is -0.578. The second-order valence-corrected chi connectivity index (χ2v) is 11.1. The van der Waals surface area contributed by atoms with Crippen molar-refractivity contribution in [2.75, 3.05) is 26.2 Å². The van der Waals surface area contributed by atoms with Gasteiger partial charge in [0.1, 0.15) is 6.61 Å². The van der Waals surface area contributed by atoms with Crippen LogP contribution < -0.4 is 5.32 Å². The van der Waals surface area contributed by atoms with E-state index in [0.717, 1.165) is 46.3 Å². The number of carbonyl (C=O) groups is 1. The summed E-state index contributed by atoms with van der Waals surface area (Å²) < 4.78 is 18.3. The monoisotopic (exact) mass is 572 g/mol. The lowest BCUT2D eigenvalue weighted by atomic mass is 9.90. The molecule has 0 aliphatic carbocycles. The number of likely N-dealkylation sites (tertiary alicyclic amines) is 1. The molecule has 0 spiro atoms. The Bertz CT molecular complexity index is 1350. The molecule has 0 unspecified atom stereocenters. The van der Waals surface area contributed by atoms with Gasteiger partial charge in [0.2, 0.25) is 0 Å². The van der Waals surface area contributed by atoms with Gasteiger partial charge in [-0.1, -0.05) is 80.2 Å². The number of aliphatic hydroxyl groups excluding tert-OH is 2. The lowest BCUT2D eigenvalue weighted by Gasteiger charge is -2.42. The number of nitrogens with one attached hydrogen (secondary N) is 1. The molecule has 2 aliphatic rings. The predicted molar refractivity (Wildman–Crippen MR) is 160 cm³/mol. The molecule has 8 nitrogen and oxygen atoms in total. The van der Waals surface area contributed by atoms with Crippen molar-refractivity contribution in [2.24, 2.45) is 5.92 Å². The minimum absolute atomic E-state index is 0.00352. The number of amides is 1. The number of hydrogen-bond donors (Lipinski definition) is 3. The number of aliphatic hydroxyl groups is 2. The van der Waals surface area contributed by atoms with Crippen LogP contribution in [-0.2, 0) is 27.4 Å². The molecule has 3 N–H and O–H groups in total. The molecular formula is C34H40N2O6. The third-order valence-electron chi connectivity index (χ3n) is 8.00. The third kappa shape index (κ3) is 7.45. The number of nitrogens with zero attached hydrogens (tertiary/aromatic N) is 1. The molecule has 0 radical (unpaired) electrons. The van der Waals surface area contributed by atoms with E-state index < -0.39 is 12.4 Å². The molecule has 42 heavy (non-hydrogen) atoms. The number of carbonyl (C=O) groups excluding carboxylic acids is 1. The van der Waals surface area contributed by atoms with Gasteiger partial charge >= 0.3 is 6.09 Å². The van der Waals surface area contributed by atoms with Gasteiger partial charge in [-0.3, -0.25) is 4.90 Å². The molecule has 5 rings (SSSR count). The van der Waals surface area contributed by atoms with E-state index in [9.17, 15) is 15.0 Å². The summed E-state index contributed by atoms with van der Waals surface area (Å²) in [6, 6.07) is 24.1. The quantitative estimate of drug-likeness (QED) is 0.290. The molecule has 222 valence electrons. The van der Waals surface area contributed by atoms with Crippen molar-refractivity contribution in [3.05, 3.63) is 108 Å². The summed E-state index contributed by atoms with van der Waals surface area (Å²) in [4.78, 5) is 14.1. The van der Waals surface area contributed by atoms with Crippen molar-refractivity contribution in [3.8, 4) is 11.1 Å². The lowest BCUT2D eigenvalue weighted by molar-refractivity contribution is -0.276. The van der Waals surface area contributed by atoms with E-state index in [-0.39, 0.29) is 37.4 Å². The molecule has 8 heteroatoms. The molecule has 0 aromatic heterocycles. The Balaban J connectivity index is 1.36. The first-order chi connectivity index (χ1) is 20.4. The van der Waals surface area contributed by atoms with Gasteiger partial charge < -0.3 is 29.7 Å². The molecular weight excluding hydrogens is 532 g/mol. The van der Waals surface area contributed by atoms with Crippen molar-refractivity contribution in [1.29, 1.82) is 0 Å². The van der Waals surface area contributed by atoms with Crippen LogP contribution in [0.4, 0.5) is 4.79 Å². The average molecular weight is 573 g/mol. The molecule has 5 atom stereocenters. The average Bonchev–Trinajstić information content (AvgIpc) is 3.44. The summed E-state index contributed by atoms with van der Waals surface area (Å²) in [6.45, 7) is 8.43. The summed E-state index contributed by atoms with van der Waals surface area (Å²) in [5.41, 5.74) is 5.79. The normalized spacial score (nSPS) is 24.3. The Morgan fingerprint density at radius 1 is 1.05 bits per heavy atom. The first-order valence-electron chi connectivity index (χ1n) is 14.6. The first kappa shape index (κ1) is 29.9. The van der Waals surface area contributed by atoms with E-state index in [1.165, 1.54) is 6.08 Å². The van der Waals surface area contributed by atoms with Crippen molar-refractivity contribution in [1.82, 2.24) is 10.2 Å². The number of β-amino-alcohol motifs (C(OH)–C–C–N with tert-alkyl or cyclic N) is 1. The molecule has 3 aromatic rings. The molecule has 3 aromatic carbocycles. The van der Waals surface area contributed by atoms with Crippen LogP contribution >= 0.6 is 0 Å². The van der Waals surface area contributed by atoms with Gasteiger partial charge in [-0.25, -0.2) is 4.79 Å². The van der Waals surface area contributed by atoms with Crippen LogP contribution in [0.5, 0.6) is 0 Å². The Morgan fingerprint density at radius 2 is 1.81 bits per heavy atom. The number of benzene rings is 3. The highest BCUT2D eigenvalue weighted by atomic mass is 16.7. The maximum absolute atomic E-state index is 11.8. The Labute approximate surface area is 247 Å². The zero-order chi connectivity index (χ0) is 29.5. The van der Waals surface area contributed by atoms with Crippen molar-refractivity contribution in [3.63, 3.8) is 0 Å². The number of alkyl carbamates (subject to hydrolysis) is 1. The third-order valence-corrected chi connectivity index (χ3v) is 8.00. The summed E-state index contributed by atoms with van der Waals surface area (Å²) in [7, 11) is 0. The van der Waals surface area contributed by atoms with Crippen molar-refractivity contribution in [2.45, 2.75) is 51.1 Å². The fourth-order valence-corrected chi connectivity index (χ4v) is 5.65. The van der Waals surface area contributed by atoms with Crippen LogP contribution in [0.3, 0.4) is 0 Å². The highest BCUT2D eigenvalue weighted by Crippen LogP contribution is 2.42. The van der Waals surface area contributed by atoms with Crippen LogP contribution in [0.2, 0.25) is 0 Å². The highest BCUT2D eigenvalue weighted by Gasteiger charge is 2.40. The van der Waals surface area contributed by atoms with Gasteiger partial charge in [-0.05, 0) is 46.4 Å². The van der Waals surface area contributed by atoms with Crippen molar-refractivity contribution >= 4 is 6.09 Å². The van der Waals surface area contributed by atoms with E-state index in [1.54, 1.807) is 0 Å². The second kappa shape index (κ2) is 14.1. The standard InChI is InChI=1S/C34H40N2O6/c1-3-16-40-34(39)35-19-25-6-4-7-27(17-25)28-8-5-9-29(18-28)33-41-31(21-36-15-14-30(38)20-36)23(2)32(42-33)26-12-10-24(22-37)11-13-26/h3-13,17-18,23,30-33,37-38H,1,14-16,19-22H2,2H3,(H,35,39)/t23-,30-,31+,32+,33+/m0/s1. The largest absolute Gasteiger partial charge is 0.445 e. The van der Waals surface area contributed by atoms with E-state index in [1.807, 2.05) is 66.7 Å². The first-order valence-corrected chi connectivity index (χ1v) is 14.6. The molecule has 2 heterocycles. The molecule has 1 amide bonds. The van der Waals surface area contributed by atoms with Crippen LogP contribution in [0.25, 0.3) is 11.1 Å². The van der Waals surface area contributed by atoms with Gasteiger partial charge in [0.25, 0.3) is 0 Å². The van der Waals surface area contributed by atoms with Gasteiger partial charge in [-0.2, -0.15) is 0 Å². The zero-order valence-electron chi connectivity index (χ0n) is 24.0. The highest BCUT2D eigenvalue weighted by molar-refractivity contribution is 5.68. The van der Waals surface area contributed by atoms with Gasteiger partial charge in [0.05, 0.1) is 24.9 Å². The number of hydrogen-bond acceptors (Lipinski definition) is 7. The van der Waals surface area contributed by atoms with E-state index in [4.69, 9.17) is 14.2 Å². The topological polar surface area (TPSA) is 100 Å². The Hall–Kier alpha value is -3.53. The van der Waals surface area contributed by atoms with Crippen LogP contribution in [-0.4, -0.2) is 59.7 Å². The molecule has 2 aliphatic heterocycles. The minimum Gasteiger partial charge on any atom is -0.445 e. The van der Waals surface area contributed by atoms with Crippen LogP contribution in [0.15, 0.2) is 85.5 Å². The van der Waals surface area contributed by atoms with Crippen LogP contribution in [0.1, 0.15) is 48.0 Å². The van der Waals surface area contributed by atoms with Crippen molar-refractivity contribution < 1.29 is 29.2 Å². The maximum Gasteiger partial charge on any atom is 0.407 e. The smallest absolute Gasteiger partial charge is 0.407 e. The maximum atomic E-state index is 11.8. The van der Waals surface area contributed by atoms with Gasteiger partial charge in [0.15, 0.2) is 6.29 Å². The van der Waals surface area contributed by atoms with E-state index >= 15 is 0 Å². The molecule has 0 saturated carbocycles. The predicted octanol–water partition coefficient (Wildman–Crippen LogP) is 5.12. The summed E-state index contributed by atoms with van der Waals surface area (Å²) in [5, 5.41) is 22.4. The Morgan fingerprint density at radius 3 is 2.52 bits per heavy atom. The number of rotatable bonds is 10. The Kier molecular flexibility index (Phi) is 10.0. The fourth-order valence-electron chi connectivity index (χ4n) is 5.65. The summed E-state index contributed by atoms with van der Waals surface area (Å²) >= 11 is 0. The molecule has 0 bridgehead atoms. The van der Waals surface area contributed by atoms with Crippen LogP contribution in [0, 0.1) is 5.92 Å². The van der Waals surface area contributed by atoms with E-state index in [2.05, 4.69) is 29.8 Å².